The number of rotatable bonds is 9. The summed E-state index contributed by atoms with van der Waals surface area (Å²) in [6, 6.07) is 17.6. The molecule has 2 aliphatic rings. The van der Waals surface area contributed by atoms with Crippen LogP contribution < -0.4 is 5.32 Å². The number of furan rings is 1. The van der Waals surface area contributed by atoms with E-state index >= 15 is 0 Å². The standard InChI is InChI=1S/C27H26N2O6/c30-24(31)11-13-29(15-17-9-10-17)26(32)25-23(12-14-34-25)28-27(33)35-16-22-20-7-3-1-5-18(20)19-6-2-4-8-21(19)22/h1-8,12,14,17,22H,9-11,13,15-16H2,(H,28,33)(H,30,31). The number of aliphatic carboxylic acids is 1. The molecule has 0 radical (unpaired) electrons. The molecule has 2 N–H and O–H groups in total. The van der Waals surface area contributed by atoms with Crippen molar-refractivity contribution in [1.29, 1.82) is 0 Å². The van der Waals surface area contributed by atoms with Crippen molar-refractivity contribution < 1.29 is 28.6 Å². The molecular weight excluding hydrogens is 448 g/mol. The minimum absolute atomic E-state index is 0.0375. The smallest absolute Gasteiger partial charge is 0.411 e. The number of ether oxygens (including phenoxy) is 1. The first-order valence-electron chi connectivity index (χ1n) is 11.7. The molecule has 0 aliphatic heterocycles. The highest BCUT2D eigenvalue weighted by molar-refractivity contribution is 6.00. The molecule has 1 heterocycles. The fourth-order valence-corrected chi connectivity index (χ4v) is 4.58. The Labute approximate surface area is 202 Å². The highest BCUT2D eigenvalue weighted by Gasteiger charge is 2.31. The van der Waals surface area contributed by atoms with Gasteiger partial charge < -0.3 is 19.2 Å². The predicted octanol–water partition coefficient (Wildman–Crippen LogP) is 4.97. The molecule has 2 amide bonds. The van der Waals surface area contributed by atoms with Gasteiger partial charge in [-0.3, -0.25) is 14.9 Å². The van der Waals surface area contributed by atoms with E-state index in [-0.39, 0.29) is 36.9 Å². The van der Waals surface area contributed by atoms with Gasteiger partial charge in [0, 0.05) is 25.1 Å². The van der Waals surface area contributed by atoms with E-state index in [1.165, 1.54) is 17.2 Å². The van der Waals surface area contributed by atoms with E-state index in [0.29, 0.717) is 12.5 Å². The van der Waals surface area contributed by atoms with Crippen molar-refractivity contribution >= 4 is 23.7 Å². The second-order valence-electron chi connectivity index (χ2n) is 8.95. The van der Waals surface area contributed by atoms with Crippen LogP contribution in [0.4, 0.5) is 10.5 Å². The van der Waals surface area contributed by atoms with Crippen molar-refractivity contribution in [1.82, 2.24) is 4.90 Å². The van der Waals surface area contributed by atoms with Crippen molar-refractivity contribution in [2.45, 2.75) is 25.2 Å². The topological polar surface area (TPSA) is 109 Å². The summed E-state index contributed by atoms with van der Waals surface area (Å²) in [4.78, 5) is 38.2. The number of carboxylic acid groups (broad SMARTS) is 1. The third-order valence-electron chi connectivity index (χ3n) is 6.50. The Morgan fingerprint density at radius 1 is 1.00 bits per heavy atom. The Morgan fingerprint density at radius 2 is 1.66 bits per heavy atom. The molecule has 0 bridgehead atoms. The Kier molecular flexibility index (Phi) is 6.27. The van der Waals surface area contributed by atoms with Crippen LogP contribution in [0.2, 0.25) is 0 Å². The van der Waals surface area contributed by atoms with Crippen molar-refractivity contribution in [2.24, 2.45) is 5.92 Å². The normalized spacial score (nSPS) is 14.2. The van der Waals surface area contributed by atoms with Gasteiger partial charge in [-0.1, -0.05) is 48.5 Å². The number of fused-ring (bicyclic) bond motifs is 3. The number of benzene rings is 2. The number of hydrogen-bond donors (Lipinski definition) is 2. The first-order valence-corrected chi connectivity index (χ1v) is 11.7. The van der Waals surface area contributed by atoms with E-state index in [1.807, 2.05) is 36.4 Å². The van der Waals surface area contributed by atoms with Gasteiger partial charge in [-0.15, -0.1) is 0 Å². The van der Waals surface area contributed by atoms with Crippen LogP contribution in [-0.4, -0.2) is 47.7 Å². The number of anilines is 1. The highest BCUT2D eigenvalue weighted by Crippen LogP contribution is 2.44. The fourth-order valence-electron chi connectivity index (χ4n) is 4.58. The molecule has 35 heavy (non-hydrogen) atoms. The SMILES string of the molecule is O=C(O)CCN(CC1CC1)C(=O)c1occc1NC(=O)OCC1c2ccccc2-c2ccccc21. The largest absolute Gasteiger partial charge is 0.481 e. The molecule has 0 spiro atoms. The Balaban J connectivity index is 1.25. The van der Waals surface area contributed by atoms with Crippen LogP contribution in [-0.2, 0) is 9.53 Å². The first-order chi connectivity index (χ1) is 17.0. The van der Waals surface area contributed by atoms with E-state index in [2.05, 4.69) is 17.4 Å². The maximum atomic E-state index is 13.1. The lowest BCUT2D eigenvalue weighted by atomic mass is 9.98. The van der Waals surface area contributed by atoms with Gasteiger partial charge in [0.15, 0.2) is 0 Å². The van der Waals surface area contributed by atoms with Gasteiger partial charge in [0.2, 0.25) is 5.76 Å². The van der Waals surface area contributed by atoms with Crippen LogP contribution in [0.5, 0.6) is 0 Å². The lowest BCUT2D eigenvalue weighted by molar-refractivity contribution is -0.137. The van der Waals surface area contributed by atoms with Gasteiger partial charge in [-0.05, 0) is 41.0 Å². The highest BCUT2D eigenvalue weighted by atomic mass is 16.5. The number of carbonyl (C=O) groups excluding carboxylic acids is 2. The molecule has 1 fully saturated rings. The summed E-state index contributed by atoms with van der Waals surface area (Å²) in [5.41, 5.74) is 4.68. The molecule has 8 nitrogen and oxygen atoms in total. The fraction of sp³-hybridized carbons (Fsp3) is 0.296. The second-order valence-corrected chi connectivity index (χ2v) is 8.95. The van der Waals surface area contributed by atoms with E-state index < -0.39 is 18.0 Å². The summed E-state index contributed by atoms with van der Waals surface area (Å²) >= 11 is 0. The van der Waals surface area contributed by atoms with Crippen molar-refractivity contribution in [3.63, 3.8) is 0 Å². The average Bonchev–Trinajstić information content (AvgIpc) is 3.47. The molecule has 0 unspecified atom stereocenters. The molecule has 8 heteroatoms. The molecule has 5 rings (SSSR count). The van der Waals surface area contributed by atoms with E-state index in [9.17, 15) is 14.4 Å². The predicted molar refractivity (Wildman–Crippen MR) is 128 cm³/mol. The Morgan fingerprint density at radius 3 is 2.29 bits per heavy atom. The van der Waals surface area contributed by atoms with E-state index in [1.54, 1.807) is 0 Å². The van der Waals surface area contributed by atoms with Crippen molar-refractivity contribution in [3.05, 3.63) is 77.7 Å². The van der Waals surface area contributed by atoms with Crippen LogP contribution in [0, 0.1) is 5.92 Å². The van der Waals surface area contributed by atoms with E-state index in [4.69, 9.17) is 14.3 Å². The third kappa shape index (κ3) is 4.91. The number of carboxylic acids is 1. The number of nitrogens with one attached hydrogen (secondary N) is 1. The number of hydrogen-bond acceptors (Lipinski definition) is 5. The molecule has 3 aromatic rings. The molecule has 180 valence electrons. The van der Waals surface area contributed by atoms with E-state index in [0.717, 1.165) is 35.1 Å². The monoisotopic (exact) mass is 474 g/mol. The van der Waals surface area contributed by atoms with Gasteiger partial charge in [0.05, 0.1) is 18.4 Å². The van der Waals surface area contributed by atoms with Gasteiger partial charge in [0.25, 0.3) is 5.91 Å². The van der Waals surface area contributed by atoms with Gasteiger partial charge >= 0.3 is 12.1 Å². The summed E-state index contributed by atoms with van der Waals surface area (Å²) in [5.74, 6) is -1.17. The van der Waals surface area contributed by atoms with Crippen molar-refractivity contribution in [2.75, 3.05) is 25.0 Å². The van der Waals surface area contributed by atoms with Crippen LogP contribution in [0.3, 0.4) is 0 Å². The first kappa shape index (κ1) is 22.7. The summed E-state index contributed by atoms with van der Waals surface area (Å²) in [7, 11) is 0. The van der Waals surface area contributed by atoms with Crippen LogP contribution in [0.1, 0.15) is 46.9 Å². The summed E-state index contributed by atoms with van der Waals surface area (Å²) in [6.45, 7) is 0.695. The average molecular weight is 475 g/mol. The molecule has 0 saturated heterocycles. The lowest BCUT2D eigenvalue weighted by Gasteiger charge is -2.21. The Hall–Kier alpha value is -4.07. The molecule has 1 saturated carbocycles. The number of nitrogens with zero attached hydrogens (tertiary/aromatic N) is 1. The van der Waals surface area contributed by atoms with Crippen molar-refractivity contribution in [3.8, 4) is 11.1 Å². The second kappa shape index (κ2) is 9.66. The third-order valence-corrected chi connectivity index (χ3v) is 6.50. The molecule has 0 atom stereocenters. The molecule has 2 aliphatic carbocycles. The summed E-state index contributed by atoms with van der Waals surface area (Å²) in [5, 5.41) is 11.6. The van der Waals surface area contributed by atoms with Crippen LogP contribution in [0.25, 0.3) is 11.1 Å². The van der Waals surface area contributed by atoms with Gasteiger partial charge in [-0.25, -0.2) is 4.79 Å². The number of carbonyl (C=O) groups is 3. The lowest BCUT2D eigenvalue weighted by Crippen LogP contribution is -2.35. The maximum absolute atomic E-state index is 13.1. The molecule has 1 aromatic heterocycles. The zero-order chi connectivity index (χ0) is 24.4. The minimum Gasteiger partial charge on any atom is -0.481 e. The maximum Gasteiger partial charge on any atom is 0.411 e. The zero-order valence-corrected chi connectivity index (χ0v) is 19.1. The summed E-state index contributed by atoms with van der Waals surface area (Å²) in [6.07, 6.45) is 2.49. The van der Waals surface area contributed by atoms with Gasteiger partial charge in [0.1, 0.15) is 6.61 Å². The molecular formula is C27H26N2O6. The number of amides is 2. The zero-order valence-electron chi connectivity index (χ0n) is 19.1. The minimum atomic E-state index is -0.977. The summed E-state index contributed by atoms with van der Waals surface area (Å²) < 4.78 is 10.9. The van der Waals surface area contributed by atoms with Crippen LogP contribution >= 0.6 is 0 Å². The Bertz CT molecular complexity index is 1220. The quantitative estimate of drug-likeness (QED) is 0.453. The molecule has 2 aromatic carbocycles. The van der Waals surface area contributed by atoms with Gasteiger partial charge in [-0.2, -0.15) is 0 Å². The van der Waals surface area contributed by atoms with Crippen LogP contribution in [0.15, 0.2) is 65.3 Å².